The number of fused-ring (bicyclic) bond motifs is 1. The molecule has 0 aliphatic heterocycles. The van der Waals surface area contributed by atoms with Crippen molar-refractivity contribution >= 4 is 23.1 Å². The smallest absolute Gasteiger partial charge is 0.299 e. The SMILES string of the molecule is CCN(CC(=O)Nc1cccc(OC)c1)c1ccc2nnc(C(F)F)n2n1. The first-order valence-corrected chi connectivity index (χ1v) is 8.21. The van der Waals surface area contributed by atoms with Crippen molar-refractivity contribution in [3.05, 3.63) is 42.2 Å². The maximum Gasteiger partial charge on any atom is 0.299 e. The second-order valence-electron chi connectivity index (χ2n) is 5.61. The number of aromatic nitrogens is 4. The molecular weight excluding hydrogens is 358 g/mol. The van der Waals surface area contributed by atoms with Crippen molar-refractivity contribution in [3.8, 4) is 5.75 Å². The van der Waals surface area contributed by atoms with Crippen molar-refractivity contribution in [1.29, 1.82) is 0 Å². The Hall–Kier alpha value is -3.30. The fourth-order valence-electron chi connectivity index (χ4n) is 2.53. The Balaban J connectivity index is 1.77. The second kappa shape index (κ2) is 7.94. The van der Waals surface area contributed by atoms with E-state index in [0.717, 1.165) is 4.52 Å². The second-order valence-corrected chi connectivity index (χ2v) is 5.61. The van der Waals surface area contributed by atoms with Crippen LogP contribution in [-0.4, -0.2) is 45.9 Å². The van der Waals surface area contributed by atoms with Gasteiger partial charge >= 0.3 is 0 Å². The van der Waals surface area contributed by atoms with Gasteiger partial charge < -0.3 is 15.0 Å². The van der Waals surface area contributed by atoms with Crippen LogP contribution >= 0.6 is 0 Å². The van der Waals surface area contributed by atoms with E-state index in [1.807, 2.05) is 6.92 Å². The van der Waals surface area contributed by atoms with E-state index >= 15 is 0 Å². The van der Waals surface area contributed by atoms with Crippen molar-refractivity contribution < 1.29 is 18.3 Å². The lowest BCUT2D eigenvalue weighted by Crippen LogP contribution is -2.34. The van der Waals surface area contributed by atoms with Crippen molar-refractivity contribution in [2.75, 3.05) is 30.4 Å². The molecule has 0 unspecified atom stereocenters. The van der Waals surface area contributed by atoms with Crippen LogP contribution in [0, 0.1) is 0 Å². The molecular formula is C17H18F2N6O2. The van der Waals surface area contributed by atoms with Gasteiger partial charge in [0.15, 0.2) is 5.65 Å². The Labute approximate surface area is 153 Å². The van der Waals surface area contributed by atoms with Crippen LogP contribution in [0.15, 0.2) is 36.4 Å². The molecule has 3 aromatic rings. The van der Waals surface area contributed by atoms with Crippen LogP contribution in [0.2, 0.25) is 0 Å². The van der Waals surface area contributed by atoms with Crippen LogP contribution in [0.4, 0.5) is 20.3 Å². The molecule has 0 aliphatic rings. The number of carbonyl (C=O) groups is 1. The normalized spacial score (nSPS) is 11.0. The third-order valence-corrected chi connectivity index (χ3v) is 3.86. The zero-order valence-corrected chi connectivity index (χ0v) is 14.8. The van der Waals surface area contributed by atoms with Gasteiger partial charge in [-0.3, -0.25) is 4.79 Å². The minimum atomic E-state index is -2.80. The van der Waals surface area contributed by atoms with E-state index in [9.17, 15) is 13.6 Å². The van der Waals surface area contributed by atoms with Gasteiger partial charge in [-0.15, -0.1) is 15.3 Å². The molecule has 27 heavy (non-hydrogen) atoms. The number of rotatable bonds is 7. The highest BCUT2D eigenvalue weighted by molar-refractivity contribution is 5.94. The number of methoxy groups -OCH3 is 1. The lowest BCUT2D eigenvalue weighted by atomic mass is 10.3. The molecule has 0 saturated carbocycles. The fourth-order valence-corrected chi connectivity index (χ4v) is 2.53. The molecule has 0 saturated heterocycles. The summed E-state index contributed by atoms with van der Waals surface area (Å²) in [5.74, 6) is 0.181. The molecule has 1 amide bonds. The zero-order chi connectivity index (χ0) is 19.4. The van der Waals surface area contributed by atoms with Crippen LogP contribution in [-0.2, 0) is 4.79 Å². The van der Waals surface area contributed by atoms with Crippen molar-refractivity contribution in [3.63, 3.8) is 0 Å². The van der Waals surface area contributed by atoms with Gasteiger partial charge in [-0.1, -0.05) is 6.07 Å². The van der Waals surface area contributed by atoms with E-state index in [0.29, 0.717) is 23.8 Å². The van der Waals surface area contributed by atoms with E-state index in [1.54, 1.807) is 42.3 Å². The van der Waals surface area contributed by atoms with E-state index < -0.39 is 12.2 Å². The Morgan fingerprint density at radius 2 is 2.11 bits per heavy atom. The summed E-state index contributed by atoms with van der Waals surface area (Å²) < 4.78 is 32.1. The number of hydrogen-bond acceptors (Lipinski definition) is 6. The molecule has 1 N–H and O–H groups in total. The maximum absolute atomic E-state index is 13.0. The van der Waals surface area contributed by atoms with Gasteiger partial charge in [0, 0.05) is 18.3 Å². The molecule has 2 aromatic heterocycles. The lowest BCUT2D eigenvalue weighted by Gasteiger charge is -2.21. The molecule has 10 heteroatoms. The zero-order valence-electron chi connectivity index (χ0n) is 14.8. The minimum Gasteiger partial charge on any atom is -0.497 e. The monoisotopic (exact) mass is 376 g/mol. The predicted octanol–water partition coefficient (Wildman–Crippen LogP) is 2.54. The van der Waals surface area contributed by atoms with E-state index in [4.69, 9.17) is 4.74 Å². The maximum atomic E-state index is 13.0. The molecule has 0 aliphatic carbocycles. The summed E-state index contributed by atoms with van der Waals surface area (Å²) in [5, 5.41) is 14.0. The van der Waals surface area contributed by atoms with Crippen molar-refractivity contribution in [1.82, 2.24) is 19.8 Å². The minimum absolute atomic E-state index is 0.00163. The first-order valence-electron chi connectivity index (χ1n) is 8.21. The lowest BCUT2D eigenvalue weighted by molar-refractivity contribution is -0.115. The predicted molar refractivity (Wildman–Crippen MR) is 95.2 cm³/mol. The fraction of sp³-hybridized carbons (Fsp3) is 0.294. The number of ether oxygens (including phenoxy) is 1. The Morgan fingerprint density at radius 1 is 1.30 bits per heavy atom. The van der Waals surface area contributed by atoms with Crippen LogP contribution in [0.1, 0.15) is 19.2 Å². The van der Waals surface area contributed by atoms with E-state index in [-0.39, 0.29) is 18.1 Å². The third kappa shape index (κ3) is 4.10. The molecule has 3 rings (SSSR count). The number of nitrogens with zero attached hydrogens (tertiary/aromatic N) is 5. The molecule has 0 fully saturated rings. The number of halogens is 2. The van der Waals surface area contributed by atoms with Crippen molar-refractivity contribution in [2.45, 2.75) is 13.3 Å². The molecule has 8 nitrogen and oxygen atoms in total. The third-order valence-electron chi connectivity index (χ3n) is 3.86. The van der Waals surface area contributed by atoms with Crippen LogP contribution < -0.4 is 15.0 Å². The topological polar surface area (TPSA) is 84.7 Å². The average Bonchev–Trinajstić information content (AvgIpc) is 3.09. The van der Waals surface area contributed by atoms with Gasteiger partial charge in [0.25, 0.3) is 6.43 Å². The molecule has 0 radical (unpaired) electrons. The summed E-state index contributed by atoms with van der Waals surface area (Å²) in [6.07, 6.45) is -2.80. The highest BCUT2D eigenvalue weighted by Gasteiger charge is 2.19. The molecule has 2 heterocycles. The van der Waals surface area contributed by atoms with E-state index in [2.05, 4.69) is 20.6 Å². The Morgan fingerprint density at radius 3 is 2.81 bits per heavy atom. The summed E-state index contributed by atoms with van der Waals surface area (Å²) in [7, 11) is 1.54. The van der Waals surface area contributed by atoms with Gasteiger partial charge in [-0.05, 0) is 31.2 Å². The molecule has 1 aromatic carbocycles. The van der Waals surface area contributed by atoms with Gasteiger partial charge in [0.2, 0.25) is 11.7 Å². The number of likely N-dealkylation sites (N-methyl/N-ethyl adjacent to an activating group) is 1. The summed E-state index contributed by atoms with van der Waals surface area (Å²) >= 11 is 0. The van der Waals surface area contributed by atoms with Crippen LogP contribution in [0.5, 0.6) is 5.75 Å². The van der Waals surface area contributed by atoms with Gasteiger partial charge in [0.05, 0.1) is 13.7 Å². The molecule has 0 bridgehead atoms. The number of nitrogens with one attached hydrogen (secondary N) is 1. The summed E-state index contributed by atoms with van der Waals surface area (Å²) in [5.41, 5.74) is 0.809. The quantitative estimate of drug-likeness (QED) is 0.682. The van der Waals surface area contributed by atoms with Crippen LogP contribution in [0.25, 0.3) is 5.65 Å². The summed E-state index contributed by atoms with van der Waals surface area (Å²) in [6, 6.07) is 10.1. The Kier molecular flexibility index (Phi) is 5.43. The number of carbonyl (C=O) groups excluding carboxylic acids is 1. The highest BCUT2D eigenvalue weighted by Crippen LogP contribution is 2.19. The molecule has 0 atom stereocenters. The van der Waals surface area contributed by atoms with E-state index in [1.165, 1.54) is 6.07 Å². The van der Waals surface area contributed by atoms with Gasteiger partial charge in [-0.25, -0.2) is 8.78 Å². The average molecular weight is 376 g/mol. The highest BCUT2D eigenvalue weighted by atomic mass is 19.3. The molecule has 142 valence electrons. The van der Waals surface area contributed by atoms with Crippen molar-refractivity contribution in [2.24, 2.45) is 0 Å². The summed E-state index contributed by atoms with van der Waals surface area (Å²) in [6.45, 7) is 2.29. The number of anilines is 2. The Bertz CT molecular complexity index is 946. The standard InChI is InChI=1S/C17H18F2N6O2/c1-3-24(10-15(26)20-11-5-4-6-12(9-11)27-2)14-8-7-13-21-22-17(16(18)19)25(13)23-14/h4-9,16H,3,10H2,1-2H3,(H,20,26). The number of alkyl halides is 2. The first kappa shape index (κ1) is 18.5. The number of amides is 1. The van der Waals surface area contributed by atoms with Gasteiger partial charge in [0.1, 0.15) is 11.6 Å². The summed E-state index contributed by atoms with van der Waals surface area (Å²) in [4.78, 5) is 14.0. The largest absolute Gasteiger partial charge is 0.497 e. The molecule has 0 spiro atoms. The number of hydrogen-bond donors (Lipinski definition) is 1. The van der Waals surface area contributed by atoms with Crippen LogP contribution in [0.3, 0.4) is 0 Å². The van der Waals surface area contributed by atoms with Gasteiger partial charge in [-0.2, -0.15) is 4.52 Å². The first-order chi connectivity index (χ1) is 13.0. The number of benzene rings is 1.